The van der Waals surface area contributed by atoms with Gasteiger partial charge in [0.25, 0.3) is 10.0 Å². The van der Waals surface area contributed by atoms with Crippen LogP contribution in [0.25, 0.3) is 10.9 Å². The Kier molecular flexibility index (Phi) is 6.39. The van der Waals surface area contributed by atoms with Crippen molar-refractivity contribution in [3.8, 4) is 0 Å². The van der Waals surface area contributed by atoms with Crippen LogP contribution in [0, 0.1) is 12.7 Å². The van der Waals surface area contributed by atoms with E-state index in [1.165, 1.54) is 6.07 Å². The molecule has 0 aliphatic carbocycles. The minimum Gasteiger partial charge on any atom is -0.368 e. The Morgan fingerprint density at radius 1 is 1.11 bits per heavy atom. The molecule has 2 aromatic heterocycles. The zero-order valence-corrected chi connectivity index (χ0v) is 21.4. The van der Waals surface area contributed by atoms with Crippen molar-refractivity contribution >= 4 is 49.2 Å². The zero-order valence-electron chi connectivity index (χ0n) is 19.8. The molecule has 0 bridgehead atoms. The zero-order chi connectivity index (χ0) is 25.4. The van der Waals surface area contributed by atoms with Gasteiger partial charge >= 0.3 is 0 Å². The summed E-state index contributed by atoms with van der Waals surface area (Å²) < 4.78 is 47.5. The highest BCUT2D eigenvalue weighted by Crippen LogP contribution is 2.25. The number of halogens is 1. The number of amides is 1. The second kappa shape index (κ2) is 9.51. The number of carbonyl (C=O) groups excluding carboxylic acids is 1. The fraction of sp³-hybridized carbons (Fsp3) is 0.292. The van der Waals surface area contributed by atoms with Crippen LogP contribution >= 0.6 is 11.5 Å². The Hall–Kier alpha value is -3.51. The molecule has 36 heavy (non-hydrogen) atoms. The van der Waals surface area contributed by atoms with Crippen molar-refractivity contribution in [3.05, 3.63) is 66.4 Å². The van der Waals surface area contributed by atoms with Gasteiger partial charge in [0.1, 0.15) is 17.7 Å². The van der Waals surface area contributed by atoms with E-state index in [1.54, 1.807) is 49.5 Å². The SMILES string of the molecule is Cc1nsc(NS(=O)(=O)c2ccc(N3CCN(C(=O)[C@@H](C)n4ccc5c(F)cccc54)CC3)cc2)n1.[HH]. The molecule has 0 spiro atoms. The van der Waals surface area contributed by atoms with Gasteiger partial charge in [-0.3, -0.25) is 9.52 Å². The van der Waals surface area contributed by atoms with Crippen molar-refractivity contribution in [2.75, 3.05) is 35.8 Å². The number of fused-ring (bicyclic) bond motifs is 1. The lowest BCUT2D eigenvalue weighted by Gasteiger charge is -2.37. The highest BCUT2D eigenvalue weighted by Gasteiger charge is 2.27. The summed E-state index contributed by atoms with van der Waals surface area (Å²) in [7, 11) is -3.76. The monoisotopic (exact) mass is 530 g/mol. The molecular weight excluding hydrogens is 503 g/mol. The number of sulfonamides is 1. The molecule has 1 N–H and O–H groups in total. The van der Waals surface area contributed by atoms with E-state index < -0.39 is 16.1 Å². The van der Waals surface area contributed by atoms with Crippen LogP contribution in [0.15, 0.2) is 59.6 Å². The van der Waals surface area contributed by atoms with Crippen LogP contribution in [0.4, 0.5) is 15.2 Å². The van der Waals surface area contributed by atoms with E-state index in [9.17, 15) is 17.6 Å². The first-order valence-electron chi connectivity index (χ1n) is 11.4. The van der Waals surface area contributed by atoms with Crippen LogP contribution in [0.1, 0.15) is 20.2 Å². The molecule has 1 amide bonds. The average molecular weight is 531 g/mol. The van der Waals surface area contributed by atoms with Gasteiger partial charge in [0.15, 0.2) is 0 Å². The van der Waals surface area contributed by atoms with Gasteiger partial charge in [-0.05, 0) is 56.3 Å². The van der Waals surface area contributed by atoms with Gasteiger partial charge in [-0.2, -0.15) is 4.37 Å². The Morgan fingerprint density at radius 2 is 1.83 bits per heavy atom. The molecule has 0 saturated carbocycles. The number of hydrogen-bond donors (Lipinski definition) is 1. The Bertz CT molecular complexity index is 1520. The molecule has 1 atom stereocenters. The van der Waals surface area contributed by atoms with E-state index in [-0.39, 0.29) is 23.2 Å². The third kappa shape index (κ3) is 4.65. The summed E-state index contributed by atoms with van der Waals surface area (Å²) >= 11 is 0.991. The lowest BCUT2D eigenvalue weighted by atomic mass is 10.2. The summed E-state index contributed by atoms with van der Waals surface area (Å²) in [5.41, 5.74) is 1.58. The van der Waals surface area contributed by atoms with Crippen LogP contribution in [0.3, 0.4) is 0 Å². The van der Waals surface area contributed by atoms with Gasteiger partial charge in [0.2, 0.25) is 11.0 Å². The molecule has 5 rings (SSSR count). The smallest absolute Gasteiger partial charge is 0.263 e. The fourth-order valence-electron chi connectivity index (χ4n) is 4.41. The average Bonchev–Trinajstić information content (AvgIpc) is 3.49. The summed E-state index contributed by atoms with van der Waals surface area (Å²) in [6, 6.07) is 12.8. The molecule has 0 unspecified atom stereocenters. The van der Waals surface area contributed by atoms with Crippen molar-refractivity contribution in [2.45, 2.75) is 24.8 Å². The molecule has 1 aliphatic rings. The summed E-state index contributed by atoms with van der Waals surface area (Å²) in [6.07, 6.45) is 1.75. The quantitative estimate of drug-likeness (QED) is 0.406. The minimum atomic E-state index is -3.76. The number of benzene rings is 2. The minimum absolute atomic E-state index is 0. The number of nitrogens with one attached hydrogen (secondary N) is 1. The summed E-state index contributed by atoms with van der Waals surface area (Å²) in [4.78, 5) is 21.3. The van der Waals surface area contributed by atoms with E-state index in [2.05, 4.69) is 19.0 Å². The topological polar surface area (TPSA) is 100 Å². The summed E-state index contributed by atoms with van der Waals surface area (Å²) in [5, 5.41) is 0.728. The summed E-state index contributed by atoms with van der Waals surface area (Å²) in [5.74, 6) is 0.191. The van der Waals surface area contributed by atoms with Crippen molar-refractivity contribution in [2.24, 2.45) is 0 Å². The molecular formula is C24H27FN6O3S2. The second-order valence-corrected chi connectivity index (χ2v) is 11.1. The molecule has 1 aliphatic heterocycles. The van der Waals surface area contributed by atoms with Crippen LogP contribution in [-0.4, -0.2) is 59.3 Å². The van der Waals surface area contributed by atoms with Gasteiger partial charge in [-0.25, -0.2) is 17.8 Å². The van der Waals surface area contributed by atoms with E-state index in [0.29, 0.717) is 42.9 Å². The Morgan fingerprint density at radius 3 is 2.50 bits per heavy atom. The molecule has 1 saturated heterocycles. The first-order valence-corrected chi connectivity index (χ1v) is 13.7. The number of nitrogens with zero attached hydrogens (tertiary/aromatic N) is 5. The van der Waals surface area contributed by atoms with Crippen molar-refractivity contribution < 1.29 is 19.0 Å². The normalized spacial score (nSPS) is 15.3. The van der Waals surface area contributed by atoms with Gasteiger partial charge in [-0.15, -0.1) is 0 Å². The lowest BCUT2D eigenvalue weighted by molar-refractivity contribution is -0.134. The number of hydrogen-bond acceptors (Lipinski definition) is 7. The van der Waals surface area contributed by atoms with Crippen LogP contribution in [0.2, 0.25) is 0 Å². The summed E-state index contributed by atoms with van der Waals surface area (Å²) in [6.45, 7) is 5.83. The third-order valence-electron chi connectivity index (χ3n) is 6.34. The Labute approximate surface area is 213 Å². The van der Waals surface area contributed by atoms with Crippen molar-refractivity contribution in [3.63, 3.8) is 0 Å². The third-order valence-corrected chi connectivity index (χ3v) is 8.54. The number of carbonyl (C=O) groups is 1. The predicted molar refractivity (Wildman–Crippen MR) is 139 cm³/mol. The van der Waals surface area contributed by atoms with Crippen LogP contribution in [0.5, 0.6) is 0 Å². The van der Waals surface area contributed by atoms with Crippen LogP contribution < -0.4 is 9.62 Å². The maximum Gasteiger partial charge on any atom is 0.263 e. The number of rotatable bonds is 6. The van der Waals surface area contributed by atoms with E-state index >= 15 is 0 Å². The molecule has 190 valence electrons. The van der Waals surface area contributed by atoms with E-state index in [4.69, 9.17) is 0 Å². The lowest BCUT2D eigenvalue weighted by Crippen LogP contribution is -2.50. The molecule has 2 aromatic carbocycles. The molecule has 3 heterocycles. The molecule has 9 nitrogen and oxygen atoms in total. The van der Waals surface area contributed by atoms with Gasteiger partial charge in [0, 0.05) is 56.4 Å². The maximum atomic E-state index is 14.1. The second-order valence-electron chi connectivity index (χ2n) is 8.63. The molecule has 0 radical (unpaired) electrons. The highest BCUT2D eigenvalue weighted by atomic mass is 32.2. The van der Waals surface area contributed by atoms with Crippen LogP contribution in [-0.2, 0) is 14.8 Å². The Balaban J connectivity index is 0.00000320. The number of aromatic nitrogens is 3. The highest BCUT2D eigenvalue weighted by molar-refractivity contribution is 7.93. The first-order chi connectivity index (χ1) is 17.2. The molecule has 1 fully saturated rings. The fourth-order valence-corrected chi connectivity index (χ4v) is 6.20. The van der Waals surface area contributed by atoms with Crippen molar-refractivity contribution in [1.29, 1.82) is 0 Å². The van der Waals surface area contributed by atoms with Crippen molar-refractivity contribution in [1.82, 2.24) is 18.8 Å². The standard InChI is InChI=1S/C24H25FN6O3S2.H2/c1-16(31-11-10-20-21(25)4-3-5-22(20)31)23(32)30-14-12-29(13-15-30)18-6-8-19(9-7-18)36(33,34)28-24-26-17(2)27-35-24;/h3-11,16H,12-15H2,1-2H3,(H,26,27,28);1H/t16-;/m1./s1. The maximum absolute atomic E-state index is 14.1. The number of piperazine rings is 1. The molecule has 12 heteroatoms. The van der Waals surface area contributed by atoms with Gasteiger partial charge in [0.05, 0.1) is 10.4 Å². The van der Waals surface area contributed by atoms with Gasteiger partial charge < -0.3 is 14.4 Å². The molecule has 4 aromatic rings. The van der Waals surface area contributed by atoms with E-state index in [0.717, 1.165) is 17.2 Å². The first kappa shape index (κ1) is 24.2. The van der Waals surface area contributed by atoms with Gasteiger partial charge in [-0.1, -0.05) is 6.07 Å². The van der Waals surface area contributed by atoms with E-state index in [1.807, 2.05) is 22.5 Å². The largest absolute Gasteiger partial charge is 0.368 e. The number of anilines is 2. The number of aryl methyl sites for hydroxylation is 1. The predicted octanol–water partition coefficient (Wildman–Crippen LogP) is 3.90.